The van der Waals surface area contributed by atoms with Crippen molar-refractivity contribution < 1.29 is 14.0 Å². The van der Waals surface area contributed by atoms with Crippen LogP contribution in [0.3, 0.4) is 0 Å². The fourth-order valence-electron chi connectivity index (χ4n) is 2.64. The largest absolute Gasteiger partial charge is 0.497 e. The van der Waals surface area contributed by atoms with Crippen LogP contribution in [0.1, 0.15) is 11.5 Å². The number of rotatable bonds is 9. The summed E-state index contributed by atoms with van der Waals surface area (Å²) >= 11 is 0. The zero-order chi connectivity index (χ0) is 18.2. The van der Waals surface area contributed by atoms with E-state index in [1.54, 1.807) is 14.2 Å². The predicted octanol–water partition coefficient (Wildman–Crippen LogP) is 3.39. The van der Waals surface area contributed by atoms with Crippen molar-refractivity contribution in [2.24, 2.45) is 0 Å². The van der Waals surface area contributed by atoms with E-state index in [9.17, 15) is 0 Å². The number of benzene rings is 2. The van der Waals surface area contributed by atoms with E-state index in [1.165, 1.54) is 5.56 Å². The van der Waals surface area contributed by atoms with Crippen LogP contribution in [0.25, 0.3) is 11.4 Å². The fourth-order valence-corrected chi connectivity index (χ4v) is 2.64. The summed E-state index contributed by atoms with van der Waals surface area (Å²) in [4.78, 5) is 6.75. The average molecular weight is 353 g/mol. The van der Waals surface area contributed by atoms with E-state index in [4.69, 9.17) is 14.0 Å². The Hall–Kier alpha value is -2.70. The lowest BCUT2D eigenvalue weighted by molar-refractivity contribution is 0.131. The van der Waals surface area contributed by atoms with Gasteiger partial charge in [0.1, 0.15) is 5.75 Å². The highest BCUT2D eigenvalue weighted by molar-refractivity contribution is 5.55. The second-order valence-electron chi connectivity index (χ2n) is 5.93. The minimum atomic E-state index is 0.571. The van der Waals surface area contributed by atoms with Crippen molar-refractivity contribution in [3.63, 3.8) is 0 Å². The first-order valence-electron chi connectivity index (χ1n) is 8.50. The van der Waals surface area contributed by atoms with Gasteiger partial charge < -0.3 is 14.0 Å². The Bertz CT molecular complexity index is 788. The van der Waals surface area contributed by atoms with E-state index in [1.807, 2.05) is 42.5 Å². The zero-order valence-electron chi connectivity index (χ0n) is 15.1. The summed E-state index contributed by atoms with van der Waals surface area (Å²) in [5.74, 6) is 1.96. The Morgan fingerprint density at radius 1 is 0.962 bits per heavy atom. The van der Waals surface area contributed by atoms with E-state index >= 15 is 0 Å². The van der Waals surface area contributed by atoms with Crippen molar-refractivity contribution in [3.05, 3.63) is 66.1 Å². The summed E-state index contributed by atoms with van der Waals surface area (Å²) in [5, 5.41) is 4.10. The van der Waals surface area contributed by atoms with Gasteiger partial charge in [0.2, 0.25) is 11.7 Å². The summed E-state index contributed by atoms with van der Waals surface area (Å²) < 4.78 is 15.8. The topological polar surface area (TPSA) is 60.6 Å². The molecular formula is C20H23N3O3. The molecule has 3 rings (SSSR count). The van der Waals surface area contributed by atoms with Gasteiger partial charge >= 0.3 is 0 Å². The molecule has 0 radical (unpaired) electrons. The average Bonchev–Trinajstić information content (AvgIpc) is 3.15. The number of nitrogens with zero attached hydrogens (tertiary/aromatic N) is 3. The lowest BCUT2D eigenvalue weighted by Gasteiger charge is -2.20. The molecule has 0 fully saturated rings. The van der Waals surface area contributed by atoms with Crippen LogP contribution in [0.4, 0.5) is 0 Å². The molecule has 0 N–H and O–H groups in total. The van der Waals surface area contributed by atoms with Crippen LogP contribution >= 0.6 is 0 Å². The second kappa shape index (κ2) is 9.12. The molecule has 0 aliphatic rings. The van der Waals surface area contributed by atoms with Crippen LogP contribution in [0.15, 0.2) is 59.1 Å². The highest BCUT2D eigenvalue weighted by Crippen LogP contribution is 2.20. The van der Waals surface area contributed by atoms with Crippen molar-refractivity contribution in [2.75, 3.05) is 27.4 Å². The van der Waals surface area contributed by atoms with Crippen molar-refractivity contribution in [2.45, 2.75) is 13.1 Å². The summed E-state index contributed by atoms with van der Waals surface area (Å²) in [6.45, 7) is 2.80. The molecule has 1 heterocycles. The molecule has 26 heavy (non-hydrogen) atoms. The Morgan fingerprint density at radius 3 is 2.42 bits per heavy atom. The Morgan fingerprint density at radius 2 is 1.73 bits per heavy atom. The predicted molar refractivity (Wildman–Crippen MR) is 98.7 cm³/mol. The molecule has 6 heteroatoms. The maximum Gasteiger partial charge on any atom is 0.241 e. The second-order valence-corrected chi connectivity index (χ2v) is 5.93. The van der Waals surface area contributed by atoms with E-state index in [0.29, 0.717) is 24.9 Å². The molecule has 0 aliphatic carbocycles. The third kappa shape index (κ3) is 4.91. The number of aromatic nitrogens is 2. The van der Waals surface area contributed by atoms with Crippen LogP contribution in [0.5, 0.6) is 5.75 Å². The molecular weight excluding hydrogens is 330 g/mol. The number of ether oxygens (including phenoxy) is 2. The smallest absolute Gasteiger partial charge is 0.241 e. The maximum absolute atomic E-state index is 5.45. The molecule has 0 saturated heterocycles. The standard InChI is InChI=1S/C20H23N3O3/c1-24-13-12-23(14-16-6-4-3-5-7-16)15-19-21-20(22-26-19)17-8-10-18(25-2)11-9-17/h3-11H,12-15H2,1-2H3. The lowest BCUT2D eigenvalue weighted by Crippen LogP contribution is -2.26. The van der Waals surface area contributed by atoms with Gasteiger partial charge in [-0.2, -0.15) is 4.98 Å². The van der Waals surface area contributed by atoms with Crippen LogP contribution in [0, 0.1) is 0 Å². The molecule has 6 nitrogen and oxygen atoms in total. The van der Waals surface area contributed by atoms with Crippen LogP contribution in [-0.4, -0.2) is 42.4 Å². The minimum Gasteiger partial charge on any atom is -0.497 e. The SMILES string of the molecule is COCCN(Cc1ccccc1)Cc1nc(-c2ccc(OC)cc2)no1. The molecule has 3 aromatic rings. The van der Waals surface area contributed by atoms with Crippen molar-refractivity contribution in [1.82, 2.24) is 15.0 Å². The highest BCUT2D eigenvalue weighted by atomic mass is 16.5. The van der Waals surface area contributed by atoms with Gasteiger partial charge in [-0.3, -0.25) is 4.90 Å². The Kier molecular flexibility index (Phi) is 6.35. The zero-order valence-corrected chi connectivity index (χ0v) is 15.1. The molecule has 0 amide bonds. The Labute approximate surface area is 153 Å². The maximum atomic E-state index is 5.45. The molecule has 2 aromatic carbocycles. The molecule has 0 bridgehead atoms. The molecule has 0 atom stereocenters. The third-order valence-corrected chi connectivity index (χ3v) is 4.04. The number of hydrogen-bond acceptors (Lipinski definition) is 6. The van der Waals surface area contributed by atoms with E-state index < -0.39 is 0 Å². The monoisotopic (exact) mass is 353 g/mol. The minimum absolute atomic E-state index is 0.571. The van der Waals surface area contributed by atoms with E-state index in [2.05, 4.69) is 27.2 Å². The van der Waals surface area contributed by atoms with Crippen LogP contribution in [0.2, 0.25) is 0 Å². The molecule has 0 saturated carbocycles. The van der Waals surface area contributed by atoms with E-state index in [-0.39, 0.29) is 0 Å². The van der Waals surface area contributed by atoms with Gasteiger partial charge in [0.15, 0.2) is 0 Å². The molecule has 0 spiro atoms. The molecule has 0 unspecified atom stereocenters. The van der Waals surface area contributed by atoms with Gasteiger partial charge in [-0.15, -0.1) is 0 Å². The molecule has 1 aromatic heterocycles. The molecule has 136 valence electrons. The van der Waals surface area contributed by atoms with E-state index in [0.717, 1.165) is 24.4 Å². The Balaban J connectivity index is 1.69. The summed E-state index contributed by atoms with van der Waals surface area (Å²) in [6, 6.07) is 17.9. The normalized spacial score (nSPS) is 11.0. The van der Waals surface area contributed by atoms with Crippen LogP contribution < -0.4 is 4.74 Å². The third-order valence-electron chi connectivity index (χ3n) is 4.04. The van der Waals surface area contributed by atoms with Crippen molar-refractivity contribution in [3.8, 4) is 17.1 Å². The quantitative estimate of drug-likeness (QED) is 0.588. The van der Waals surface area contributed by atoms with Gasteiger partial charge in [-0.1, -0.05) is 35.5 Å². The summed E-state index contributed by atoms with van der Waals surface area (Å²) in [6.07, 6.45) is 0. The van der Waals surface area contributed by atoms with Crippen LogP contribution in [-0.2, 0) is 17.8 Å². The number of hydrogen-bond donors (Lipinski definition) is 0. The van der Waals surface area contributed by atoms with Crippen molar-refractivity contribution >= 4 is 0 Å². The molecule has 0 aliphatic heterocycles. The van der Waals surface area contributed by atoms with Gasteiger partial charge in [-0.25, -0.2) is 0 Å². The van der Waals surface area contributed by atoms with Crippen molar-refractivity contribution in [1.29, 1.82) is 0 Å². The first-order chi connectivity index (χ1) is 12.8. The first kappa shape index (κ1) is 18.1. The number of methoxy groups -OCH3 is 2. The summed E-state index contributed by atoms with van der Waals surface area (Å²) in [5.41, 5.74) is 2.13. The lowest BCUT2D eigenvalue weighted by atomic mass is 10.2. The van der Waals surface area contributed by atoms with Gasteiger partial charge in [-0.05, 0) is 29.8 Å². The highest BCUT2D eigenvalue weighted by Gasteiger charge is 2.14. The van der Waals surface area contributed by atoms with Gasteiger partial charge in [0.05, 0.1) is 20.3 Å². The fraction of sp³-hybridized carbons (Fsp3) is 0.300. The first-order valence-corrected chi connectivity index (χ1v) is 8.50. The summed E-state index contributed by atoms with van der Waals surface area (Å²) in [7, 11) is 3.35. The van der Waals surface area contributed by atoms with Gasteiger partial charge in [0, 0.05) is 25.8 Å². The van der Waals surface area contributed by atoms with Gasteiger partial charge in [0.25, 0.3) is 0 Å².